The van der Waals surface area contributed by atoms with Crippen LogP contribution in [0.25, 0.3) is 22.0 Å². The van der Waals surface area contributed by atoms with Gasteiger partial charge in [-0.1, -0.05) is 6.07 Å². The number of nitrogens with zero attached hydrogens (tertiary/aromatic N) is 3. The van der Waals surface area contributed by atoms with Crippen LogP contribution in [-0.2, 0) is 18.3 Å². The maximum atomic E-state index is 12.7. The summed E-state index contributed by atoms with van der Waals surface area (Å²) >= 11 is 0. The van der Waals surface area contributed by atoms with Gasteiger partial charge in [0.1, 0.15) is 5.75 Å². The lowest BCUT2D eigenvalue weighted by Gasteiger charge is -2.17. The fourth-order valence-corrected chi connectivity index (χ4v) is 3.45. The summed E-state index contributed by atoms with van der Waals surface area (Å²) in [5.41, 5.74) is 4.44. The summed E-state index contributed by atoms with van der Waals surface area (Å²) in [6.07, 6.45) is 3.42. The number of phenols is 1. The standard InChI is InChI=1S/C21H25N3O3.ClH/c1-6-27-21(26)18-13(2)24(5)17-10-15(14-8-7-9-22-11-14)20(25)16(19(17)18)12-23(3)4;/h7-11,25H,6,12H2,1-5H3;1H. The van der Waals surface area contributed by atoms with Gasteiger partial charge in [-0.3, -0.25) is 4.98 Å². The van der Waals surface area contributed by atoms with Gasteiger partial charge in [0.05, 0.1) is 17.7 Å². The second-order valence-corrected chi connectivity index (χ2v) is 6.86. The van der Waals surface area contributed by atoms with Crippen LogP contribution in [0, 0.1) is 6.92 Å². The molecule has 0 bridgehead atoms. The molecule has 0 aliphatic heterocycles. The van der Waals surface area contributed by atoms with Gasteiger partial charge in [0.25, 0.3) is 0 Å². The Hall–Kier alpha value is -2.57. The van der Waals surface area contributed by atoms with Gasteiger partial charge < -0.3 is 19.3 Å². The number of halogens is 1. The highest BCUT2D eigenvalue weighted by molar-refractivity contribution is 6.09. The van der Waals surface area contributed by atoms with E-state index in [0.717, 1.165) is 22.2 Å². The summed E-state index contributed by atoms with van der Waals surface area (Å²) in [6, 6.07) is 5.66. The quantitative estimate of drug-likeness (QED) is 0.654. The summed E-state index contributed by atoms with van der Waals surface area (Å²) in [5.74, 6) is -0.200. The second-order valence-electron chi connectivity index (χ2n) is 6.86. The number of benzene rings is 1. The summed E-state index contributed by atoms with van der Waals surface area (Å²) in [4.78, 5) is 18.8. The highest BCUT2D eigenvalue weighted by Gasteiger charge is 2.26. The number of aryl methyl sites for hydroxylation is 1. The highest BCUT2D eigenvalue weighted by Crippen LogP contribution is 2.41. The molecule has 0 atom stereocenters. The predicted octanol–water partition coefficient (Wildman–Crippen LogP) is 3.91. The number of fused-ring (bicyclic) bond motifs is 1. The molecule has 2 heterocycles. The fraction of sp³-hybridized carbons (Fsp3) is 0.333. The number of carbonyl (C=O) groups is 1. The molecule has 28 heavy (non-hydrogen) atoms. The van der Waals surface area contributed by atoms with E-state index in [2.05, 4.69) is 4.98 Å². The lowest BCUT2D eigenvalue weighted by atomic mass is 9.96. The Morgan fingerprint density at radius 3 is 2.64 bits per heavy atom. The minimum absolute atomic E-state index is 0. The third-order valence-electron chi connectivity index (χ3n) is 4.78. The van der Waals surface area contributed by atoms with Gasteiger partial charge in [0, 0.05) is 53.8 Å². The van der Waals surface area contributed by atoms with Crippen LogP contribution in [0.1, 0.15) is 28.5 Å². The lowest BCUT2D eigenvalue weighted by molar-refractivity contribution is 0.0527. The highest BCUT2D eigenvalue weighted by atomic mass is 35.5. The van der Waals surface area contributed by atoms with Gasteiger partial charge >= 0.3 is 5.97 Å². The maximum absolute atomic E-state index is 12.7. The number of carbonyl (C=O) groups excluding carboxylic acids is 1. The SMILES string of the molecule is CCOC(=O)c1c(C)n(C)c2cc(-c3cccnc3)c(O)c(CN(C)C)c12.Cl. The van der Waals surface area contributed by atoms with E-state index in [1.807, 2.05) is 55.7 Å². The van der Waals surface area contributed by atoms with E-state index in [0.29, 0.717) is 29.8 Å². The lowest BCUT2D eigenvalue weighted by Crippen LogP contribution is -2.13. The zero-order valence-corrected chi connectivity index (χ0v) is 17.6. The largest absolute Gasteiger partial charge is 0.507 e. The average molecular weight is 404 g/mol. The molecule has 0 fully saturated rings. The predicted molar refractivity (Wildman–Crippen MR) is 113 cm³/mol. The Kier molecular flexibility index (Phi) is 6.69. The van der Waals surface area contributed by atoms with E-state index in [4.69, 9.17) is 4.74 Å². The zero-order chi connectivity index (χ0) is 19.7. The van der Waals surface area contributed by atoms with Gasteiger partial charge in [-0.25, -0.2) is 4.79 Å². The third kappa shape index (κ3) is 3.70. The maximum Gasteiger partial charge on any atom is 0.340 e. The van der Waals surface area contributed by atoms with E-state index in [9.17, 15) is 9.90 Å². The molecule has 0 saturated heterocycles. The van der Waals surface area contributed by atoms with Gasteiger partial charge in [0.2, 0.25) is 0 Å². The monoisotopic (exact) mass is 403 g/mol. The summed E-state index contributed by atoms with van der Waals surface area (Å²) < 4.78 is 7.26. The van der Waals surface area contributed by atoms with Crippen molar-refractivity contribution < 1.29 is 14.6 Å². The first kappa shape index (κ1) is 21.7. The van der Waals surface area contributed by atoms with Crippen molar-refractivity contribution in [2.24, 2.45) is 7.05 Å². The second kappa shape index (κ2) is 8.63. The van der Waals surface area contributed by atoms with Crippen LogP contribution in [-0.4, -0.2) is 46.2 Å². The Bertz CT molecular complexity index is 998. The van der Waals surface area contributed by atoms with Crippen molar-refractivity contribution in [3.8, 4) is 16.9 Å². The van der Waals surface area contributed by atoms with E-state index in [1.54, 1.807) is 19.3 Å². The number of rotatable bonds is 5. The molecule has 0 spiro atoms. The molecule has 6 nitrogen and oxygen atoms in total. The zero-order valence-electron chi connectivity index (χ0n) is 16.8. The first-order chi connectivity index (χ1) is 12.9. The van der Waals surface area contributed by atoms with Crippen molar-refractivity contribution >= 4 is 29.3 Å². The van der Waals surface area contributed by atoms with Crippen molar-refractivity contribution in [2.45, 2.75) is 20.4 Å². The van der Waals surface area contributed by atoms with Crippen LogP contribution in [0.5, 0.6) is 5.75 Å². The summed E-state index contributed by atoms with van der Waals surface area (Å²) in [7, 11) is 5.79. The van der Waals surface area contributed by atoms with Crippen LogP contribution in [0.15, 0.2) is 30.6 Å². The average Bonchev–Trinajstić information content (AvgIpc) is 2.89. The number of esters is 1. The van der Waals surface area contributed by atoms with Gasteiger partial charge in [-0.2, -0.15) is 0 Å². The molecule has 1 N–H and O–H groups in total. The Balaban J connectivity index is 0.00000280. The van der Waals surface area contributed by atoms with Crippen LogP contribution >= 0.6 is 12.4 Å². The van der Waals surface area contributed by atoms with Crippen LogP contribution in [0.2, 0.25) is 0 Å². The Morgan fingerprint density at radius 1 is 1.36 bits per heavy atom. The number of pyridine rings is 1. The molecule has 3 aromatic rings. The van der Waals surface area contributed by atoms with Gasteiger partial charge in [-0.15, -0.1) is 12.4 Å². The smallest absolute Gasteiger partial charge is 0.340 e. The van der Waals surface area contributed by atoms with Crippen molar-refractivity contribution in [1.82, 2.24) is 14.5 Å². The molecule has 0 saturated carbocycles. The van der Waals surface area contributed by atoms with E-state index >= 15 is 0 Å². The normalized spacial score (nSPS) is 10.9. The van der Waals surface area contributed by atoms with Crippen molar-refractivity contribution in [2.75, 3.05) is 20.7 Å². The molecule has 3 rings (SSSR count). The summed E-state index contributed by atoms with van der Waals surface area (Å²) in [6.45, 7) is 4.48. The third-order valence-corrected chi connectivity index (χ3v) is 4.78. The minimum atomic E-state index is -0.367. The first-order valence-electron chi connectivity index (χ1n) is 8.92. The molecule has 150 valence electrons. The van der Waals surface area contributed by atoms with Gasteiger partial charge in [-0.05, 0) is 40.1 Å². The molecule has 0 unspecified atom stereocenters. The van der Waals surface area contributed by atoms with E-state index in [-0.39, 0.29) is 24.1 Å². The topological polar surface area (TPSA) is 67.6 Å². The number of ether oxygens (including phenoxy) is 1. The van der Waals surface area contributed by atoms with Gasteiger partial charge in [0.15, 0.2) is 0 Å². The van der Waals surface area contributed by atoms with Crippen molar-refractivity contribution in [3.05, 3.63) is 47.4 Å². The van der Waals surface area contributed by atoms with Crippen LogP contribution in [0.3, 0.4) is 0 Å². The molecule has 2 aromatic heterocycles. The number of hydrogen-bond donors (Lipinski definition) is 1. The Labute approximate surface area is 171 Å². The van der Waals surface area contributed by atoms with Crippen molar-refractivity contribution in [1.29, 1.82) is 0 Å². The fourth-order valence-electron chi connectivity index (χ4n) is 3.45. The molecule has 0 aliphatic carbocycles. The van der Waals surface area contributed by atoms with Crippen LogP contribution < -0.4 is 0 Å². The molecule has 7 heteroatoms. The van der Waals surface area contributed by atoms with Crippen LogP contribution in [0.4, 0.5) is 0 Å². The first-order valence-corrected chi connectivity index (χ1v) is 8.92. The molecule has 1 aromatic carbocycles. The van der Waals surface area contributed by atoms with E-state index < -0.39 is 0 Å². The van der Waals surface area contributed by atoms with E-state index in [1.165, 1.54) is 0 Å². The minimum Gasteiger partial charge on any atom is -0.507 e. The molecular weight excluding hydrogens is 378 g/mol. The molecule has 0 aliphatic rings. The number of hydrogen-bond acceptors (Lipinski definition) is 5. The summed E-state index contributed by atoms with van der Waals surface area (Å²) in [5, 5.41) is 11.9. The molecule has 0 radical (unpaired) electrons. The number of aromatic nitrogens is 2. The number of aromatic hydroxyl groups is 1. The Morgan fingerprint density at radius 2 is 2.07 bits per heavy atom. The molecular formula is C21H26ClN3O3. The van der Waals surface area contributed by atoms with Crippen molar-refractivity contribution in [3.63, 3.8) is 0 Å². The number of phenolic OH excluding ortho intramolecular Hbond substituents is 1. The molecule has 0 amide bonds.